The van der Waals surface area contributed by atoms with Crippen LogP contribution in [-0.2, 0) is 0 Å². The smallest absolute Gasteiger partial charge is 0.0635 e. The van der Waals surface area contributed by atoms with Crippen molar-refractivity contribution in [2.45, 2.75) is 45.2 Å². The van der Waals surface area contributed by atoms with Gasteiger partial charge in [0.1, 0.15) is 0 Å². The number of nitrogens with one attached hydrogen (secondary N) is 1. The minimum atomic E-state index is 0.622. The van der Waals surface area contributed by atoms with E-state index in [1.807, 2.05) is 0 Å². The molecule has 0 aromatic rings. The van der Waals surface area contributed by atoms with E-state index in [1.54, 1.807) is 0 Å². The van der Waals surface area contributed by atoms with E-state index < -0.39 is 0 Å². The second kappa shape index (κ2) is 6.00. The van der Waals surface area contributed by atoms with Gasteiger partial charge >= 0.3 is 0 Å². The Bertz CT molecular complexity index is 197. The summed E-state index contributed by atoms with van der Waals surface area (Å²) in [4.78, 5) is 2.47. The fourth-order valence-electron chi connectivity index (χ4n) is 2.07. The lowest BCUT2D eigenvalue weighted by atomic mass is 10.1. The topological polar surface area (TPSA) is 39.1 Å². The highest BCUT2D eigenvalue weighted by Crippen LogP contribution is 2.12. The average molecular weight is 195 g/mol. The number of nitriles is 1. The van der Waals surface area contributed by atoms with Gasteiger partial charge in [-0.25, -0.2) is 0 Å². The molecule has 1 fully saturated rings. The van der Waals surface area contributed by atoms with Crippen molar-refractivity contribution in [1.29, 1.82) is 5.26 Å². The fraction of sp³-hybridized carbons (Fsp3) is 0.909. The standard InChI is InChI=1S/C11H21N3/c1-3-10-9-14(7-5-6-12)11(4-2)8-13-10/h10-11,13H,3-5,7-9H2,1-2H3. The Morgan fingerprint density at radius 2 is 2.21 bits per heavy atom. The van der Waals surface area contributed by atoms with Gasteiger partial charge in [0.25, 0.3) is 0 Å². The van der Waals surface area contributed by atoms with Gasteiger partial charge < -0.3 is 5.32 Å². The summed E-state index contributed by atoms with van der Waals surface area (Å²) >= 11 is 0. The molecule has 0 saturated carbocycles. The summed E-state index contributed by atoms with van der Waals surface area (Å²) in [5.41, 5.74) is 0. The summed E-state index contributed by atoms with van der Waals surface area (Å²) in [6.45, 7) is 7.56. The molecule has 3 heteroatoms. The third kappa shape index (κ3) is 2.97. The van der Waals surface area contributed by atoms with Crippen LogP contribution in [0.5, 0.6) is 0 Å². The van der Waals surface area contributed by atoms with Gasteiger partial charge in [0.05, 0.1) is 6.07 Å². The lowest BCUT2D eigenvalue weighted by Gasteiger charge is -2.39. The minimum Gasteiger partial charge on any atom is -0.311 e. The molecule has 2 unspecified atom stereocenters. The third-order valence-corrected chi connectivity index (χ3v) is 3.09. The molecule has 1 aliphatic rings. The van der Waals surface area contributed by atoms with Crippen LogP contribution in [0.15, 0.2) is 0 Å². The van der Waals surface area contributed by atoms with Gasteiger partial charge in [-0.05, 0) is 12.8 Å². The Labute approximate surface area is 87.1 Å². The van der Waals surface area contributed by atoms with Crippen LogP contribution in [0.1, 0.15) is 33.1 Å². The minimum absolute atomic E-state index is 0.622. The zero-order valence-electron chi connectivity index (χ0n) is 9.29. The number of piperazine rings is 1. The zero-order valence-corrected chi connectivity index (χ0v) is 9.29. The van der Waals surface area contributed by atoms with Crippen LogP contribution in [-0.4, -0.2) is 36.6 Å². The first kappa shape index (κ1) is 11.5. The maximum absolute atomic E-state index is 8.59. The van der Waals surface area contributed by atoms with Crippen LogP contribution >= 0.6 is 0 Å². The van der Waals surface area contributed by atoms with Crippen LogP contribution in [0, 0.1) is 11.3 Å². The molecule has 0 aromatic heterocycles. The number of nitrogens with zero attached hydrogens (tertiary/aromatic N) is 2. The Balaban J connectivity index is 2.43. The van der Waals surface area contributed by atoms with Crippen LogP contribution in [0.3, 0.4) is 0 Å². The van der Waals surface area contributed by atoms with E-state index in [0.29, 0.717) is 18.5 Å². The van der Waals surface area contributed by atoms with Crippen molar-refractivity contribution in [3.63, 3.8) is 0 Å². The number of rotatable bonds is 4. The summed E-state index contributed by atoms with van der Waals surface area (Å²) in [5.74, 6) is 0. The van der Waals surface area contributed by atoms with Crippen molar-refractivity contribution in [3.8, 4) is 6.07 Å². The molecule has 1 saturated heterocycles. The van der Waals surface area contributed by atoms with Crippen molar-refractivity contribution >= 4 is 0 Å². The van der Waals surface area contributed by atoms with E-state index >= 15 is 0 Å². The van der Waals surface area contributed by atoms with E-state index in [0.717, 1.165) is 19.6 Å². The number of hydrogen-bond donors (Lipinski definition) is 1. The molecule has 1 rings (SSSR count). The zero-order chi connectivity index (χ0) is 10.4. The molecule has 1 N–H and O–H groups in total. The highest BCUT2D eigenvalue weighted by molar-refractivity contribution is 4.86. The van der Waals surface area contributed by atoms with E-state index in [9.17, 15) is 0 Å². The van der Waals surface area contributed by atoms with E-state index in [1.165, 1.54) is 12.8 Å². The monoisotopic (exact) mass is 195 g/mol. The van der Waals surface area contributed by atoms with Crippen LogP contribution in [0.25, 0.3) is 0 Å². The van der Waals surface area contributed by atoms with E-state index in [4.69, 9.17) is 5.26 Å². The molecule has 0 amide bonds. The molecule has 0 aliphatic carbocycles. The van der Waals surface area contributed by atoms with Crippen molar-refractivity contribution in [2.75, 3.05) is 19.6 Å². The molecule has 3 nitrogen and oxygen atoms in total. The average Bonchev–Trinajstić information content (AvgIpc) is 2.25. The number of hydrogen-bond acceptors (Lipinski definition) is 3. The molecule has 14 heavy (non-hydrogen) atoms. The Morgan fingerprint density at radius 1 is 1.43 bits per heavy atom. The molecule has 0 bridgehead atoms. The summed E-state index contributed by atoms with van der Waals surface area (Å²) < 4.78 is 0. The molecule has 1 aliphatic heterocycles. The van der Waals surface area contributed by atoms with Crippen LogP contribution in [0.2, 0.25) is 0 Å². The first-order chi connectivity index (χ1) is 6.81. The third-order valence-electron chi connectivity index (χ3n) is 3.09. The van der Waals surface area contributed by atoms with Crippen LogP contribution in [0.4, 0.5) is 0 Å². The van der Waals surface area contributed by atoms with Gasteiger partial charge in [-0.2, -0.15) is 5.26 Å². The normalized spacial score (nSPS) is 28.6. The highest BCUT2D eigenvalue weighted by atomic mass is 15.2. The molecule has 0 spiro atoms. The summed E-state index contributed by atoms with van der Waals surface area (Å²) in [6.07, 6.45) is 3.02. The maximum Gasteiger partial charge on any atom is 0.0635 e. The molecule has 0 aromatic carbocycles. The largest absolute Gasteiger partial charge is 0.311 e. The van der Waals surface area contributed by atoms with Gasteiger partial charge in [0.15, 0.2) is 0 Å². The highest BCUT2D eigenvalue weighted by Gasteiger charge is 2.24. The van der Waals surface area contributed by atoms with Gasteiger partial charge in [-0.1, -0.05) is 13.8 Å². The summed E-state index contributed by atoms with van der Waals surface area (Å²) in [7, 11) is 0. The second-order valence-corrected chi connectivity index (χ2v) is 3.98. The van der Waals surface area contributed by atoms with Crippen molar-refractivity contribution in [2.24, 2.45) is 0 Å². The van der Waals surface area contributed by atoms with E-state index in [2.05, 4.69) is 30.1 Å². The first-order valence-electron chi connectivity index (χ1n) is 5.66. The predicted octanol–water partition coefficient (Wildman–Crippen LogP) is 1.36. The van der Waals surface area contributed by atoms with Gasteiger partial charge in [-0.15, -0.1) is 0 Å². The Hall–Kier alpha value is -0.590. The molecule has 80 valence electrons. The summed E-state index contributed by atoms with van der Waals surface area (Å²) in [6, 6.07) is 3.48. The maximum atomic E-state index is 8.59. The molecule has 0 radical (unpaired) electrons. The van der Waals surface area contributed by atoms with Gasteiger partial charge in [0, 0.05) is 38.1 Å². The van der Waals surface area contributed by atoms with Gasteiger partial charge in [-0.3, -0.25) is 4.90 Å². The second-order valence-electron chi connectivity index (χ2n) is 3.98. The van der Waals surface area contributed by atoms with Gasteiger partial charge in [0.2, 0.25) is 0 Å². The Morgan fingerprint density at radius 3 is 2.79 bits per heavy atom. The predicted molar refractivity (Wildman–Crippen MR) is 58.0 cm³/mol. The van der Waals surface area contributed by atoms with Crippen molar-refractivity contribution in [3.05, 3.63) is 0 Å². The molecule has 1 heterocycles. The lowest BCUT2D eigenvalue weighted by molar-refractivity contribution is 0.128. The van der Waals surface area contributed by atoms with E-state index in [-0.39, 0.29) is 0 Å². The molecular formula is C11H21N3. The first-order valence-corrected chi connectivity index (χ1v) is 5.66. The fourth-order valence-corrected chi connectivity index (χ4v) is 2.07. The lowest BCUT2D eigenvalue weighted by Crippen LogP contribution is -2.56. The molecular weight excluding hydrogens is 174 g/mol. The van der Waals surface area contributed by atoms with Crippen molar-refractivity contribution in [1.82, 2.24) is 10.2 Å². The van der Waals surface area contributed by atoms with Crippen molar-refractivity contribution < 1.29 is 0 Å². The summed E-state index contributed by atoms with van der Waals surface area (Å²) in [5, 5.41) is 12.1. The Kier molecular flexibility index (Phi) is 4.92. The SMILES string of the molecule is CCC1CN(CCC#N)C(CC)CN1. The molecule has 2 atom stereocenters. The quantitative estimate of drug-likeness (QED) is 0.736. The van der Waals surface area contributed by atoms with Crippen LogP contribution < -0.4 is 5.32 Å².